The second-order valence-corrected chi connectivity index (χ2v) is 10.8. The molecule has 27 heavy (non-hydrogen) atoms. The predicted molar refractivity (Wildman–Crippen MR) is 109 cm³/mol. The molecule has 0 amide bonds. The summed E-state index contributed by atoms with van der Waals surface area (Å²) in [6.07, 6.45) is 3.75. The highest BCUT2D eigenvalue weighted by Crippen LogP contribution is 2.39. The second kappa shape index (κ2) is 7.29. The molecule has 4 rings (SSSR count). The van der Waals surface area contributed by atoms with Crippen molar-refractivity contribution in [3.05, 3.63) is 50.7 Å². The van der Waals surface area contributed by atoms with Gasteiger partial charge in [-0.3, -0.25) is 5.43 Å². The van der Waals surface area contributed by atoms with Crippen LogP contribution in [-0.2, 0) is 16.4 Å². The minimum atomic E-state index is -3.61. The average molecular weight is 406 g/mol. The van der Waals surface area contributed by atoms with E-state index in [9.17, 15) is 8.42 Å². The number of fused-ring (bicyclic) bond motifs is 1. The van der Waals surface area contributed by atoms with Gasteiger partial charge in [-0.1, -0.05) is 24.3 Å². The molecule has 0 saturated carbocycles. The SMILES string of the molecule is Cc1sc(C)c(S(=O)(=O)NC2CCCc3ccccc32)c1C1CC(C)NN1. The Hall–Kier alpha value is -1.25. The van der Waals surface area contributed by atoms with Crippen molar-refractivity contribution in [3.63, 3.8) is 0 Å². The minimum Gasteiger partial charge on any atom is -0.254 e. The van der Waals surface area contributed by atoms with Crippen LogP contribution in [0, 0.1) is 13.8 Å². The van der Waals surface area contributed by atoms with Crippen molar-refractivity contribution in [1.82, 2.24) is 15.6 Å². The Labute approximate surface area is 165 Å². The average Bonchev–Trinajstić information content (AvgIpc) is 3.17. The van der Waals surface area contributed by atoms with Crippen molar-refractivity contribution in [1.29, 1.82) is 0 Å². The van der Waals surface area contributed by atoms with Crippen LogP contribution in [-0.4, -0.2) is 14.5 Å². The molecular weight excluding hydrogens is 378 g/mol. The summed E-state index contributed by atoms with van der Waals surface area (Å²) in [4.78, 5) is 2.41. The maximum atomic E-state index is 13.5. The Balaban J connectivity index is 1.70. The molecule has 0 radical (unpaired) electrons. The monoisotopic (exact) mass is 405 g/mol. The fourth-order valence-electron chi connectivity index (χ4n) is 4.44. The van der Waals surface area contributed by atoms with Crippen LogP contribution in [0.15, 0.2) is 29.2 Å². The highest BCUT2D eigenvalue weighted by molar-refractivity contribution is 7.89. The first-order valence-electron chi connectivity index (χ1n) is 9.58. The fraction of sp³-hybridized carbons (Fsp3) is 0.500. The summed E-state index contributed by atoms with van der Waals surface area (Å²) in [6, 6.07) is 8.38. The van der Waals surface area contributed by atoms with E-state index in [0.29, 0.717) is 10.9 Å². The van der Waals surface area contributed by atoms with Crippen molar-refractivity contribution in [2.75, 3.05) is 0 Å². The molecule has 2 heterocycles. The van der Waals surface area contributed by atoms with Crippen molar-refractivity contribution >= 4 is 21.4 Å². The van der Waals surface area contributed by atoms with Gasteiger partial charge in [0.15, 0.2) is 0 Å². The number of sulfonamides is 1. The van der Waals surface area contributed by atoms with Gasteiger partial charge in [-0.05, 0) is 57.6 Å². The molecule has 1 aromatic carbocycles. The summed E-state index contributed by atoms with van der Waals surface area (Å²) in [7, 11) is -3.61. The molecule has 146 valence electrons. The smallest absolute Gasteiger partial charge is 0.242 e. The summed E-state index contributed by atoms with van der Waals surface area (Å²) in [5, 5.41) is 0. The molecular formula is C20H27N3O2S2. The normalized spacial score (nSPS) is 25.5. The van der Waals surface area contributed by atoms with Crippen molar-refractivity contribution in [2.24, 2.45) is 0 Å². The van der Waals surface area contributed by atoms with Gasteiger partial charge in [-0.15, -0.1) is 11.3 Å². The standard InChI is InChI=1S/C20H27N3O2S2/c1-12-11-18(22-21-12)19-13(2)26-14(3)20(19)27(24,25)23-17-10-6-8-15-7-4-5-9-16(15)17/h4-5,7,9,12,17-18,21-23H,6,8,10-11H2,1-3H3. The molecule has 1 aliphatic carbocycles. The van der Waals surface area contributed by atoms with Crippen LogP contribution in [0.3, 0.4) is 0 Å². The zero-order valence-corrected chi connectivity index (χ0v) is 17.6. The highest BCUT2D eigenvalue weighted by atomic mass is 32.2. The summed E-state index contributed by atoms with van der Waals surface area (Å²) < 4.78 is 29.9. The highest BCUT2D eigenvalue weighted by Gasteiger charge is 2.34. The number of thiophene rings is 1. The first kappa shape index (κ1) is 19.1. The molecule has 2 aromatic rings. The van der Waals surface area contributed by atoms with Crippen LogP contribution >= 0.6 is 11.3 Å². The molecule has 1 aliphatic heterocycles. The Kier molecular flexibility index (Phi) is 5.16. The van der Waals surface area contributed by atoms with E-state index in [4.69, 9.17) is 0 Å². The van der Waals surface area contributed by atoms with E-state index < -0.39 is 10.0 Å². The van der Waals surface area contributed by atoms with Crippen LogP contribution in [0.5, 0.6) is 0 Å². The van der Waals surface area contributed by atoms with Crippen LogP contribution < -0.4 is 15.6 Å². The quantitative estimate of drug-likeness (QED) is 0.726. The molecule has 1 saturated heterocycles. The number of aryl methyl sites for hydroxylation is 3. The van der Waals surface area contributed by atoms with Crippen molar-refractivity contribution in [3.8, 4) is 0 Å². The van der Waals surface area contributed by atoms with Gasteiger partial charge in [-0.2, -0.15) is 0 Å². The van der Waals surface area contributed by atoms with Gasteiger partial charge in [0.05, 0.1) is 6.04 Å². The maximum absolute atomic E-state index is 13.5. The van der Waals surface area contributed by atoms with Gasteiger partial charge < -0.3 is 0 Å². The number of benzene rings is 1. The molecule has 7 heteroatoms. The fourth-order valence-corrected chi connectivity index (χ4v) is 7.68. The Morgan fingerprint density at radius 3 is 2.67 bits per heavy atom. The zero-order valence-electron chi connectivity index (χ0n) is 16.0. The van der Waals surface area contributed by atoms with E-state index in [1.54, 1.807) is 11.3 Å². The minimum absolute atomic E-state index is 0.0233. The lowest BCUT2D eigenvalue weighted by atomic mass is 9.88. The largest absolute Gasteiger partial charge is 0.254 e. The summed E-state index contributed by atoms with van der Waals surface area (Å²) in [5.74, 6) is 0. The van der Waals surface area contributed by atoms with E-state index in [2.05, 4.69) is 34.6 Å². The van der Waals surface area contributed by atoms with Gasteiger partial charge in [0, 0.05) is 27.4 Å². The lowest BCUT2D eigenvalue weighted by Gasteiger charge is -2.26. The number of hydrogen-bond donors (Lipinski definition) is 3. The Morgan fingerprint density at radius 2 is 1.93 bits per heavy atom. The molecule has 2 aliphatic rings. The van der Waals surface area contributed by atoms with Gasteiger partial charge in [0.1, 0.15) is 4.90 Å². The molecule has 1 fully saturated rings. The van der Waals surface area contributed by atoms with Gasteiger partial charge in [0.2, 0.25) is 10.0 Å². The number of nitrogens with one attached hydrogen (secondary N) is 3. The van der Waals surface area contributed by atoms with Gasteiger partial charge >= 0.3 is 0 Å². The number of hydrogen-bond acceptors (Lipinski definition) is 5. The van der Waals surface area contributed by atoms with Crippen LogP contribution in [0.4, 0.5) is 0 Å². The molecule has 3 atom stereocenters. The third-order valence-electron chi connectivity index (χ3n) is 5.63. The zero-order chi connectivity index (χ0) is 19.2. The summed E-state index contributed by atoms with van der Waals surface area (Å²) in [5.41, 5.74) is 9.79. The van der Waals surface area contributed by atoms with E-state index in [1.807, 2.05) is 26.0 Å². The molecule has 5 nitrogen and oxygen atoms in total. The second-order valence-electron chi connectivity index (χ2n) is 7.70. The molecule has 3 N–H and O–H groups in total. The lowest BCUT2D eigenvalue weighted by molar-refractivity contribution is 0.504. The summed E-state index contributed by atoms with van der Waals surface area (Å²) >= 11 is 1.57. The lowest BCUT2D eigenvalue weighted by Crippen LogP contribution is -2.33. The van der Waals surface area contributed by atoms with E-state index in [-0.39, 0.29) is 12.1 Å². The van der Waals surface area contributed by atoms with Crippen LogP contribution in [0.1, 0.15) is 64.7 Å². The molecule has 0 spiro atoms. The van der Waals surface area contributed by atoms with Crippen LogP contribution in [0.25, 0.3) is 0 Å². The first-order chi connectivity index (χ1) is 12.9. The van der Waals surface area contributed by atoms with Crippen LogP contribution in [0.2, 0.25) is 0 Å². The summed E-state index contributed by atoms with van der Waals surface area (Å²) in [6.45, 7) is 6.04. The van der Waals surface area contributed by atoms with E-state index in [1.165, 1.54) is 5.56 Å². The molecule has 3 unspecified atom stereocenters. The Morgan fingerprint density at radius 1 is 1.15 bits per heavy atom. The molecule has 1 aromatic heterocycles. The van der Waals surface area contributed by atoms with Gasteiger partial charge in [-0.25, -0.2) is 18.6 Å². The topological polar surface area (TPSA) is 70.2 Å². The predicted octanol–water partition coefficient (Wildman–Crippen LogP) is 3.65. The first-order valence-corrected chi connectivity index (χ1v) is 11.9. The van der Waals surface area contributed by atoms with E-state index >= 15 is 0 Å². The third-order valence-corrected chi connectivity index (χ3v) is 8.45. The number of hydrazine groups is 1. The van der Waals surface area contributed by atoms with Crippen molar-refractivity contribution < 1.29 is 8.42 Å². The molecule has 0 bridgehead atoms. The van der Waals surface area contributed by atoms with Gasteiger partial charge in [0.25, 0.3) is 0 Å². The van der Waals surface area contributed by atoms with E-state index in [0.717, 1.165) is 46.6 Å². The Bertz CT molecular complexity index is 952. The van der Waals surface area contributed by atoms with Crippen molar-refractivity contribution in [2.45, 2.75) is 69.5 Å². The maximum Gasteiger partial charge on any atom is 0.242 e. The third kappa shape index (κ3) is 3.59. The number of rotatable bonds is 4.